The fourth-order valence-electron chi connectivity index (χ4n) is 3.21. The van der Waals surface area contributed by atoms with Crippen LogP contribution in [0.15, 0.2) is 0 Å². The molecule has 0 aromatic rings. The Hall–Kier alpha value is -0.120. The van der Waals surface area contributed by atoms with Gasteiger partial charge in [-0.05, 0) is 39.2 Å². The summed E-state index contributed by atoms with van der Waals surface area (Å²) in [6.07, 6.45) is 7.10. The molecule has 3 nitrogen and oxygen atoms in total. The van der Waals surface area contributed by atoms with Gasteiger partial charge < -0.3 is 10.2 Å². The van der Waals surface area contributed by atoms with Crippen LogP contribution in [0.25, 0.3) is 0 Å². The maximum Gasteiger partial charge on any atom is 0.0774 e. The highest BCUT2D eigenvalue weighted by molar-refractivity contribution is 4.91. The molecule has 0 amide bonds. The zero-order valence-corrected chi connectivity index (χ0v) is 9.65. The molecule has 88 valence electrons. The van der Waals surface area contributed by atoms with Crippen LogP contribution in [0.3, 0.4) is 0 Å². The lowest BCUT2D eigenvalue weighted by molar-refractivity contribution is -0.0112. The van der Waals surface area contributed by atoms with Crippen LogP contribution in [0, 0.1) is 0 Å². The smallest absolute Gasteiger partial charge is 0.0774 e. The second-order valence-electron chi connectivity index (χ2n) is 5.41. The Balaban J connectivity index is 1.88. The normalized spacial score (nSPS) is 35.2. The van der Waals surface area contributed by atoms with E-state index in [-0.39, 0.29) is 12.1 Å². The van der Waals surface area contributed by atoms with Crippen LogP contribution in [0.5, 0.6) is 0 Å². The summed E-state index contributed by atoms with van der Waals surface area (Å²) in [5.41, 5.74) is -0.475. The van der Waals surface area contributed by atoms with Crippen LogP contribution in [0.1, 0.15) is 44.9 Å². The Kier molecular flexibility index (Phi) is 3.33. The maximum atomic E-state index is 10.3. The Labute approximate surface area is 92.1 Å². The Morgan fingerprint density at radius 3 is 2.40 bits per heavy atom. The second-order valence-corrected chi connectivity index (χ2v) is 5.41. The first-order valence-electron chi connectivity index (χ1n) is 6.21. The van der Waals surface area contributed by atoms with Crippen molar-refractivity contribution >= 4 is 0 Å². The van der Waals surface area contributed by atoms with Gasteiger partial charge in [0.15, 0.2) is 0 Å². The van der Waals surface area contributed by atoms with Crippen LogP contribution in [0.2, 0.25) is 0 Å². The lowest BCUT2D eigenvalue weighted by Gasteiger charge is -2.33. The number of hydrogen-bond donors (Lipinski definition) is 2. The SMILES string of the molecule is CN(CC1(O)CCCC1)C1CCCC1O. The number of likely N-dealkylation sites (N-methyl/N-ethyl adjacent to an activating group) is 1. The first-order chi connectivity index (χ1) is 7.11. The molecule has 0 spiro atoms. The van der Waals surface area contributed by atoms with E-state index in [1.807, 2.05) is 7.05 Å². The number of nitrogens with zero attached hydrogens (tertiary/aromatic N) is 1. The molecule has 2 aliphatic carbocycles. The van der Waals surface area contributed by atoms with E-state index in [4.69, 9.17) is 0 Å². The molecule has 3 heteroatoms. The summed E-state index contributed by atoms with van der Waals surface area (Å²) in [4.78, 5) is 2.17. The predicted molar refractivity (Wildman–Crippen MR) is 59.7 cm³/mol. The van der Waals surface area contributed by atoms with Crippen LogP contribution >= 0.6 is 0 Å². The minimum atomic E-state index is -0.475. The first-order valence-corrected chi connectivity index (χ1v) is 6.21. The number of hydrogen-bond acceptors (Lipinski definition) is 3. The Morgan fingerprint density at radius 1 is 1.20 bits per heavy atom. The van der Waals surface area contributed by atoms with E-state index in [1.54, 1.807) is 0 Å². The molecule has 0 radical (unpaired) electrons. The zero-order chi connectivity index (χ0) is 10.9. The highest BCUT2D eigenvalue weighted by Gasteiger charge is 2.36. The zero-order valence-electron chi connectivity index (χ0n) is 9.65. The Bertz CT molecular complexity index is 214. The van der Waals surface area contributed by atoms with Crippen molar-refractivity contribution in [1.82, 2.24) is 4.90 Å². The van der Waals surface area contributed by atoms with Crippen molar-refractivity contribution in [2.45, 2.75) is 62.7 Å². The average molecular weight is 213 g/mol. The van der Waals surface area contributed by atoms with E-state index in [2.05, 4.69) is 4.90 Å². The van der Waals surface area contributed by atoms with Gasteiger partial charge in [0.1, 0.15) is 0 Å². The molecule has 2 N–H and O–H groups in total. The summed E-state index contributed by atoms with van der Waals surface area (Å²) in [6.45, 7) is 0.731. The van der Waals surface area contributed by atoms with Gasteiger partial charge in [-0.15, -0.1) is 0 Å². The maximum absolute atomic E-state index is 10.3. The summed E-state index contributed by atoms with van der Waals surface area (Å²) < 4.78 is 0. The molecule has 0 aromatic carbocycles. The standard InChI is InChI=1S/C12H23NO2/c1-13(10-5-4-6-11(10)14)9-12(15)7-2-3-8-12/h10-11,14-15H,2-9H2,1H3. The molecule has 0 aliphatic heterocycles. The molecule has 2 aliphatic rings. The minimum Gasteiger partial charge on any atom is -0.391 e. The van der Waals surface area contributed by atoms with Gasteiger partial charge in [-0.2, -0.15) is 0 Å². The van der Waals surface area contributed by atoms with Gasteiger partial charge in [0.05, 0.1) is 11.7 Å². The molecule has 2 rings (SSSR count). The van der Waals surface area contributed by atoms with E-state index >= 15 is 0 Å². The number of aliphatic hydroxyl groups is 2. The largest absolute Gasteiger partial charge is 0.391 e. The van der Waals surface area contributed by atoms with Crippen molar-refractivity contribution in [3.05, 3.63) is 0 Å². The van der Waals surface area contributed by atoms with Gasteiger partial charge in [0.2, 0.25) is 0 Å². The van der Waals surface area contributed by atoms with Gasteiger partial charge in [-0.25, -0.2) is 0 Å². The fraction of sp³-hybridized carbons (Fsp3) is 1.00. The molecule has 2 unspecified atom stereocenters. The summed E-state index contributed by atoms with van der Waals surface area (Å²) in [5, 5.41) is 20.1. The van der Waals surface area contributed by atoms with Gasteiger partial charge in [0, 0.05) is 12.6 Å². The minimum absolute atomic E-state index is 0.181. The molecule has 0 aromatic heterocycles. The summed E-state index contributed by atoms with van der Waals surface area (Å²) in [5.74, 6) is 0. The van der Waals surface area contributed by atoms with Gasteiger partial charge >= 0.3 is 0 Å². The number of rotatable bonds is 3. The molecule has 15 heavy (non-hydrogen) atoms. The van der Waals surface area contributed by atoms with Gasteiger partial charge in [-0.1, -0.05) is 12.8 Å². The van der Waals surface area contributed by atoms with Crippen molar-refractivity contribution in [3.8, 4) is 0 Å². The molecule has 2 saturated carbocycles. The fourth-order valence-corrected chi connectivity index (χ4v) is 3.21. The van der Waals surface area contributed by atoms with Crippen molar-refractivity contribution < 1.29 is 10.2 Å². The lowest BCUT2D eigenvalue weighted by Crippen LogP contribution is -2.46. The quantitative estimate of drug-likeness (QED) is 0.739. The van der Waals surface area contributed by atoms with E-state index in [0.29, 0.717) is 0 Å². The second kappa shape index (κ2) is 4.40. The van der Waals surface area contributed by atoms with E-state index in [9.17, 15) is 10.2 Å². The van der Waals surface area contributed by atoms with Crippen LogP contribution in [0.4, 0.5) is 0 Å². The molecular formula is C12H23NO2. The van der Waals surface area contributed by atoms with Crippen LogP contribution in [-0.4, -0.2) is 46.5 Å². The van der Waals surface area contributed by atoms with Crippen LogP contribution in [-0.2, 0) is 0 Å². The highest BCUT2D eigenvalue weighted by atomic mass is 16.3. The van der Waals surface area contributed by atoms with Crippen molar-refractivity contribution in [3.63, 3.8) is 0 Å². The molecule has 0 saturated heterocycles. The van der Waals surface area contributed by atoms with Crippen molar-refractivity contribution in [2.75, 3.05) is 13.6 Å². The third-order valence-corrected chi connectivity index (χ3v) is 4.09. The van der Waals surface area contributed by atoms with E-state index < -0.39 is 5.60 Å². The molecular weight excluding hydrogens is 190 g/mol. The third kappa shape index (κ3) is 2.52. The molecule has 0 heterocycles. The summed E-state index contributed by atoms with van der Waals surface area (Å²) in [7, 11) is 2.04. The van der Waals surface area contributed by atoms with E-state index in [0.717, 1.165) is 51.5 Å². The van der Waals surface area contributed by atoms with Gasteiger partial charge in [-0.3, -0.25) is 4.90 Å². The molecule has 2 atom stereocenters. The van der Waals surface area contributed by atoms with Crippen LogP contribution < -0.4 is 0 Å². The third-order valence-electron chi connectivity index (χ3n) is 4.09. The summed E-state index contributed by atoms with van der Waals surface area (Å²) in [6, 6.07) is 0.273. The number of aliphatic hydroxyl groups excluding tert-OH is 1. The summed E-state index contributed by atoms with van der Waals surface area (Å²) >= 11 is 0. The average Bonchev–Trinajstić information content (AvgIpc) is 2.74. The first kappa shape index (κ1) is 11.4. The van der Waals surface area contributed by atoms with Gasteiger partial charge in [0.25, 0.3) is 0 Å². The van der Waals surface area contributed by atoms with Crippen molar-refractivity contribution in [1.29, 1.82) is 0 Å². The molecule has 0 bridgehead atoms. The monoisotopic (exact) mass is 213 g/mol. The molecule has 2 fully saturated rings. The van der Waals surface area contributed by atoms with Crippen molar-refractivity contribution in [2.24, 2.45) is 0 Å². The lowest BCUT2D eigenvalue weighted by atomic mass is 10.0. The highest BCUT2D eigenvalue weighted by Crippen LogP contribution is 2.32. The topological polar surface area (TPSA) is 43.7 Å². The van der Waals surface area contributed by atoms with E-state index in [1.165, 1.54) is 0 Å². The Morgan fingerprint density at radius 2 is 1.87 bits per heavy atom. The predicted octanol–water partition coefficient (Wildman–Crippen LogP) is 1.14.